The van der Waals surface area contributed by atoms with Crippen molar-refractivity contribution in [1.82, 2.24) is 14.9 Å². The summed E-state index contributed by atoms with van der Waals surface area (Å²) in [5, 5.41) is -0.0177. The van der Waals surface area contributed by atoms with E-state index in [0.29, 0.717) is 70.0 Å². The Kier molecular flexibility index (Phi) is 11.1. The van der Waals surface area contributed by atoms with Gasteiger partial charge < -0.3 is 42.8 Å². The maximum atomic E-state index is 13.9. The molecule has 0 saturated carbocycles. The van der Waals surface area contributed by atoms with E-state index in [2.05, 4.69) is 4.98 Å². The molecule has 0 aliphatic carbocycles. The van der Waals surface area contributed by atoms with Gasteiger partial charge in [0.05, 0.1) is 72.6 Å². The van der Waals surface area contributed by atoms with Gasteiger partial charge in [0.15, 0.2) is 11.7 Å². The van der Waals surface area contributed by atoms with E-state index in [9.17, 15) is 18.0 Å². The van der Waals surface area contributed by atoms with Crippen molar-refractivity contribution < 1.29 is 46.1 Å². The van der Waals surface area contributed by atoms with Crippen LogP contribution in [0.3, 0.4) is 0 Å². The number of carbonyl (C=O) groups is 1. The van der Waals surface area contributed by atoms with Gasteiger partial charge in [-0.05, 0) is 60.9 Å². The zero-order chi connectivity index (χ0) is 39.7. The van der Waals surface area contributed by atoms with Crippen LogP contribution in [0, 0.1) is 0 Å². The summed E-state index contributed by atoms with van der Waals surface area (Å²) in [7, 11) is 6.38. The SMILES string of the molecule is COc1ccc(CN(Cc2ccc(OC)cc2OC)c2nc3cncc(N4CC(C(=O)N5CCc6cc(C(F)(F)F)cc(Cl)c6C5)OCC4C)c3o2)c(OC)c1. The number of pyridine rings is 1. The van der Waals surface area contributed by atoms with Crippen molar-refractivity contribution in [2.75, 3.05) is 57.9 Å². The number of carbonyl (C=O) groups excluding carboxylic acids is 1. The number of anilines is 2. The molecule has 56 heavy (non-hydrogen) atoms. The summed E-state index contributed by atoms with van der Waals surface area (Å²) in [5.74, 6) is 2.26. The molecule has 0 radical (unpaired) electrons. The van der Waals surface area contributed by atoms with Crippen molar-refractivity contribution in [1.29, 1.82) is 0 Å². The summed E-state index contributed by atoms with van der Waals surface area (Å²) in [6.45, 7) is 3.37. The molecule has 0 spiro atoms. The number of morpholine rings is 1. The standard InChI is InChI=1S/C40H41ClF3N5O7/c1-23-22-55-36(38(50)47-11-10-24-12-27(40(42,43)44)13-31(41)30(24)20-47)21-49(23)33-17-45-16-32-37(33)56-39(46-32)48(18-25-6-8-28(51-2)14-34(25)53-4)19-26-7-9-29(52-3)15-35(26)54-5/h6-9,12-17,23,36H,10-11,18-22H2,1-5H3. The number of methoxy groups -OCH3 is 4. The summed E-state index contributed by atoms with van der Waals surface area (Å²) in [6.07, 6.45) is -1.84. The van der Waals surface area contributed by atoms with Gasteiger partial charge in [-0.1, -0.05) is 11.6 Å². The van der Waals surface area contributed by atoms with Crippen LogP contribution in [0.25, 0.3) is 11.1 Å². The number of oxazole rings is 1. The third-order valence-corrected chi connectivity index (χ3v) is 10.5. The number of halogens is 4. The molecule has 296 valence electrons. The summed E-state index contributed by atoms with van der Waals surface area (Å²) < 4.78 is 75.3. The predicted octanol–water partition coefficient (Wildman–Crippen LogP) is 7.31. The van der Waals surface area contributed by atoms with E-state index in [1.165, 1.54) is 0 Å². The van der Waals surface area contributed by atoms with Gasteiger partial charge in [-0.3, -0.25) is 9.78 Å². The van der Waals surface area contributed by atoms with E-state index in [1.807, 2.05) is 53.1 Å². The normalized spacial score (nSPS) is 17.1. The first-order valence-corrected chi connectivity index (χ1v) is 18.2. The molecule has 5 aromatic rings. The molecular formula is C40H41ClF3N5O7. The quantitative estimate of drug-likeness (QED) is 0.134. The minimum Gasteiger partial charge on any atom is -0.497 e. The van der Waals surface area contributed by atoms with Crippen LogP contribution in [-0.4, -0.2) is 81.1 Å². The van der Waals surface area contributed by atoms with Crippen LogP contribution in [0.15, 0.2) is 65.3 Å². The summed E-state index contributed by atoms with van der Waals surface area (Å²) >= 11 is 6.33. The number of fused-ring (bicyclic) bond motifs is 2. The number of hydrogen-bond donors (Lipinski definition) is 0. The van der Waals surface area contributed by atoms with Crippen LogP contribution in [0.1, 0.15) is 34.7 Å². The Labute approximate surface area is 326 Å². The molecule has 1 amide bonds. The van der Waals surface area contributed by atoms with Crippen LogP contribution in [0.5, 0.6) is 23.0 Å². The number of ether oxygens (including phenoxy) is 5. The lowest BCUT2D eigenvalue weighted by atomic mass is 9.96. The van der Waals surface area contributed by atoms with E-state index in [-0.39, 0.29) is 49.6 Å². The topological polar surface area (TPSA) is 112 Å². The Morgan fingerprint density at radius 1 is 0.946 bits per heavy atom. The summed E-state index contributed by atoms with van der Waals surface area (Å²) in [5.41, 5.74) is 3.51. The minimum absolute atomic E-state index is 0.0177. The Morgan fingerprint density at radius 3 is 2.21 bits per heavy atom. The van der Waals surface area contributed by atoms with Crippen LogP contribution in [0.4, 0.5) is 24.9 Å². The smallest absolute Gasteiger partial charge is 0.416 e. The largest absolute Gasteiger partial charge is 0.497 e. The molecule has 2 aliphatic heterocycles. The van der Waals surface area contributed by atoms with Gasteiger partial charge in [0.2, 0.25) is 0 Å². The Balaban J connectivity index is 1.18. The van der Waals surface area contributed by atoms with Crippen molar-refractivity contribution in [3.63, 3.8) is 0 Å². The Morgan fingerprint density at radius 2 is 1.61 bits per heavy atom. The number of nitrogens with zero attached hydrogens (tertiary/aromatic N) is 5. The lowest BCUT2D eigenvalue weighted by molar-refractivity contribution is -0.146. The van der Waals surface area contributed by atoms with Gasteiger partial charge in [-0.25, -0.2) is 0 Å². The van der Waals surface area contributed by atoms with E-state index in [1.54, 1.807) is 45.7 Å². The maximum absolute atomic E-state index is 13.9. The number of benzene rings is 3. The third-order valence-electron chi connectivity index (χ3n) is 10.2. The fourth-order valence-electron chi connectivity index (χ4n) is 7.15. The van der Waals surface area contributed by atoms with E-state index < -0.39 is 17.8 Å². The fourth-order valence-corrected chi connectivity index (χ4v) is 7.45. The number of alkyl halides is 3. The van der Waals surface area contributed by atoms with Gasteiger partial charge in [-0.2, -0.15) is 18.2 Å². The number of rotatable bonds is 11. The summed E-state index contributed by atoms with van der Waals surface area (Å²) in [6, 6.07) is 13.4. The van der Waals surface area contributed by atoms with Crippen LogP contribution >= 0.6 is 11.6 Å². The second kappa shape index (κ2) is 16.0. The average molecular weight is 796 g/mol. The molecule has 2 unspecified atom stereocenters. The Hall–Kier alpha value is -5.41. The minimum atomic E-state index is -4.52. The summed E-state index contributed by atoms with van der Waals surface area (Å²) in [4.78, 5) is 28.9. The molecule has 1 fully saturated rings. The molecule has 16 heteroatoms. The highest BCUT2D eigenvalue weighted by Gasteiger charge is 2.38. The van der Waals surface area contributed by atoms with Crippen LogP contribution < -0.4 is 28.7 Å². The molecule has 7 rings (SSSR count). The van der Waals surface area contributed by atoms with Crippen LogP contribution in [0.2, 0.25) is 5.02 Å². The number of aromatic nitrogens is 2. The molecule has 2 aliphatic rings. The molecule has 4 heterocycles. The zero-order valence-corrected chi connectivity index (χ0v) is 32.2. The highest BCUT2D eigenvalue weighted by molar-refractivity contribution is 6.31. The lowest BCUT2D eigenvalue weighted by Gasteiger charge is -2.41. The fraction of sp³-hybridized carbons (Fsp3) is 0.375. The third kappa shape index (κ3) is 7.82. The highest BCUT2D eigenvalue weighted by atomic mass is 35.5. The molecule has 2 aromatic heterocycles. The van der Waals surface area contributed by atoms with Crippen molar-refractivity contribution in [3.05, 3.63) is 93.8 Å². The molecule has 1 saturated heterocycles. The molecule has 0 N–H and O–H groups in total. The maximum Gasteiger partial charge on any atom is 0.416 e. The molecule has 0 bridgehead atoms. The van der Waals surface area contributed by atoms with Crippen molar-refractivity contribution in [2.45, 2.75) is 51.3 Å². The number of hydrogen-bond acceptors (Lipinski definition) is 11. The molecule has 3 aromatic carbocycles. The van der Waals surface area contributed by atoms with Gasteiger partial charge in [0, 0.05) is 47.4 Å². The first kappa shape index (κ1) is 38.8. The van der Waals surface area contributed by atoms with Crippen LogP contribution in [-0.2, 0) is 41.8 Å². The van der Waals surface area contributed by atoms with Crippen molar-refractivity contribution in [2.24, 2.45) is 0 Å². The molecule has 2 atom stereocenters. The Bertz CT molecular complexity index is 2180. The van der Waals surface area contributed by atoms with Crippen molar-refractivity contribution >= 4 is 40.3 Å². The highest BCUT2D eigenvalue weighted by Crippen LogP contribution is 2.38. The molecule has 12 nitrogen and oxygen atoms in total. The van der Waals surface area contributed by atoms with E-state index in [4.69, 9.17) is 44.7 Å². The molecular weight excluding hydrogens is 755 g/mol. The lowest BCUT2D eigenvalue weighted by Crippen LogP contribution is -2.55. The monoisotopic (exact) mass is 795 g/mol. The predicted molar refractivity (Wildman–Crippen MR) is 203 cm³/mol. The van der Waals surface area contributed by atoms with E-state index >= 15 is 0 Å². The van der Waals surface area contributed by atoms with Gasteiger partial charge in [-0.15, -0.1) is 0 Å². The van der Waals surface area contributed by atoms with Gasteiger partial charge >= 0.3 is 6.18 Å². The second-order valence-corrected chi connectivity index (χ2v) is 14.0. The van der Waals surface area contributed by atoms with Crippen molar-refractivity contribution in [3.8, 4) is 23.0 Å². The first-order chi connectivity index (χ1) is 26.9. The van der Waals surface area contributed by atoms with Gasteiger partial charge in [0.25, 0.3) is 11.9 Å². The van der Waals surface area contributed by atoms with E-state index in [0.717, 1.165) is 23.3 Å². The van der Waals surface area contributed by atoms with Gasteiger partial charge in [0.1, 0.15) is 34.2 Å². The zero-order valence-electron chi connectivity index (χ0n) is 31.5. The first-order valence-electron chi connectivity index (χ1n) is 17.9. The number of amides is 1. The second-order valence-electron chi connectivity index (χ2n) is 13.6. The average Bonchev–Trinajstić information content (AvgIpc) is 3.65.